The maximum absolute atomic E-state index is 4.16. The van der Waals surface area contributed by atoms with Gasteiger partial charge in [0.15, 0.2) is 5.96 Å². The van der Waals surface area contributed by atoms with Crippen molar-refractivity contribution >= 4 is 5.96 Å². The van der Waals surface area contributed by atoms with E-state index in [9.17, 15) is 0 Å². The predicted molar refractivity (Wildman–Crippen MR) is 71.1 cm³/mol. The third-order valence-electron chi connectivity index (χ3n) is 2.62. The van der Waals surface area contributed by atoms with Crippen LogP contribution in [0.15, 0.2) is 29.5 Å². The number of nitrogens with one attached hydrogen (secondary N) is 2. The Morgan fingerprint density at radius 3 is 2.76 bits per heavy atom. The van der Waals surface area contributed by atoms with E-state index in [1.165, 1.54) is 5.56 Å². The fraction of sp³-hybridized carbons (Fsp3) is 0.500. The number of likely N-dealkylation sites (N-methyl/N-ethyl adjacent to an activating group) is 1. The van der Waals surface area contributed by atoms with Crippen LogP contribution >= 0.6 is 0 Å². The summed E-state index contributed by atoms with van der Waals surface area (Å²) in [6, 6.07) is 4.31. The van der Waals surface area contributed by atoms with Gasteiger partial charge in [-0.15, -0.1) is 0 Å². The van der Waals surface area contributed by atoms with E-state index in [2.05, 4.69) is 45.7 Å². The first-order valence-electron chi connectivity index (χ1n) is 5.63. The minimum Gasteiger partial charge on any atom is -0.359 e. The first-order chi connectivity index (χ1) is 8.19. The van der Waals surface area contributed by atoms with Gasteiger partial charge in [-0.3, -0.25) is 9.98 Å². The second-order valence-corrected chi connectivity index (χ2v) is 3.97. The Morgan fingerprint density at radius 1 is 1.53 bits per heavy atom. The van der Waals surface area contributed by atoms with Crippen molar-refractivity contribution in [3.63, 3.8) is 0 Å². The molecule has 0 saturated heterocycles. The largest absolute Gasteiger partial charge is 0.359 e. The number of hydrogen-bond donors (Lipinski definition) is 2. The first-order valence-corrected chi connectivity index (χ1v) is 5.63. The van der Waals surface area contributed by atoms with Gasteiger partial charge in [-0.2, -0.15) is 0 Å². The Morgan fingerprint density at radius 2 is 2.29 bits per heavy atom. The quantitative estimate of drug-likeness (QED) is 0.589. The van der Waals surface area contributed by atoms with Gasteiger partial charge < -0.3 is 15.5 Å². The molecule has 0 aliphatic heterocycles. The van der Waals surface area contributed by atoms with Crippen molar-refractivity contribution in [1.82, 2.24) is 20.5 Å². The summed E-state index contributed by atoms with van der Waals surface area (Å²) in [4.78, 5) is 10.4. The lowest BCUT2D eigenvalue weighted by Crippen LogP contribution is -2.40. The highest BCUT2D eigenvalue weighted by Crippen LogP contribution is 2.15. The molecular formula is C12H21N5. The van der Waals surface area contributed by atoms with E-state index in [0.717, 1.165) is 12.5 Å². The van der Waals surface area contributed by atoms with Gasteiger partial charge in [-0.05, 0) is 25.7 Å². The zero-order chi connectivity index (χ0) is 12.7. The van der Waals surface area contributed by atoms with E-state index in [0.29, 0.717) is 0 Å². The monoisotopic (exact) mass is 235 g/mol. The summed E-state index contributed by atoms with van der Waals surface area (Å²) in [7, 11) is 7.72. The van der Waals surface area contributed by atoms with E-state index < -0.39 is 0 Å². The molecule has 5 nitrogen and oxygen atoms in total. The lowest BCUT2D eigenvalue weighted by atomic mass is 10.1. The molecule has 17 heavy (non-hydrogen) atoms. The van der Waals surface area contributed by atoms with Crippen LogP contribution in [-0.4, -0.2) is 50.6 Å². The van der Waals surface area contributed by atoms with Crippen LogP contribution in [0.3, 0.4) is 0 Å². The molecule has 94 valence electrons. The van der Waals surface area contributed by atoms with Gasteiger partial charge >= 0.3 is 0 Å². The van der Waals surface area contributed by atoms with Gasteiger partial charge in [-0.1, -0.05) is 6.07 Å². The molecule has 0 amide bonds. The summed E-state index contributed by atoms with van der Waals surface area (Å²) in [6.45, 7) is 0.784. The fourth-order valence-electron chi connectivity index (χ4n) is 1.64. The molecule has 1 aromatic heterocycles. The van der Waals surface area contributed by atoms with Crippen molar-refractivity contribution < 1.29 is 0 Å². The summed E-state index contributed by atoms with van der Waals surface area (Å²) < 4.78 is 0. The van der Waals surface area contributed by atoms with Gasteiger partial charge in [0, 0.05) is 33.0 Å². The van der Waals surface area contributed by atoms with Gasteiger partial charge in [0.1, 0.15) is 0 Å². The maximum atomic E-state index is 4.16. The molecule has 0 aliphatic carbocycles. The van der Waals surface area contributed by atoms with E-state index in [1.54, 1.807) is 13.2 Å². The minimum atomic E-state index is 0.272. The molecule has 5 heteroatoms. The van der Waals surface area contributed by atoms with E-state index in [1.807, 2.05) is 19.3 Å². The maximum Gasteiger partial charge on any atom is 0.190 e. The number of guanidine groups is 1. The van der Waals surface area contributed by atoms with Crippen molar-refractivity contribution in [3.05, 3.63) is 30.1 Å². The molecule has 1 atom stereocenters. The first kappa shape index (κ1) is 13.4. The number of rotatable bonds is 4. The smallest absolute Gasteiger partial charge is 0.190 e. The second kappa shape index (κ2) is 6.85. The summed E-state index contributed by atoms with van der Waals surface area (Å²) in [5, 5.41) is 6.27. The van der Waals surface area contributed by atoms with E-state index in [-0.39, 0.29) is 6.04 Å². The summed E-state index contributed by atoms with van der Waals surface area (Å²) in [6.07, 6.45) is 3.69. The Kier molecular flexibility index (Phi) is 5.42. The van der Waals surface area contributed by atoms with Crippen LogP contribution in [0.1, 0.15) is 11.6 Å². The lowest BCUT2D eigenvalue weighted by molar-refractivity contribution is 0.297. The van der Waals surface area contributed by atoms with Crippen molar-refractivity contribution in [2.24, 2.45) is 4.99 Å². The minimum absolute atomic E-state index is 0.272. The summed E-state index contributed by atoms with van der Waals surface area (Å²) >= 11 is 0. The number of nitrogens with zero attached hydrogens (tertiary/aromatic N) is 3. The third kappa shape index (κ3) is 4.03. The number of aliphatic imine (C=N–C) groups is 1. The zero-order valence-electron chi connectivity index (χ0n) is 10.9. The third-order valence-corrected chi connectivity index (χ3v) is 2.62. The molecule has 0 aromatic carbocycles. The number of hydrogen-bond acceptors (Lipinski definition) is 3. The molecule has 1 heterocycles. The fourth-order valence-corrected chi connectivity index (χ4v) is 1.64. The molecule has 0 radical (unpaired) electrons. The van der Waals surface area contributed by atoms with Crippen molar-refractivity contribution in [2.75, 3.05) is 34.7 Å². The van der Waals surface area contributed by atoms with Crippen LogP contribution in [0.2, 0.25) is 0 Å². The van der Waals surface area contributed by atoms with Gasteiger partial charge in [0.25, 0.3) is 0 Å². The Hall–Kier alpha value is -1.62. The van der Waals surface area contributed by atoms with E-state index >= 15 is 0 Å². The van der Waals surface area contributed by atoms with Crippen LogP contribution < -0.4 is 10.6 Å². The average molecular weight is 235 g/mol. The van der Waals surface area contributed by atoms with Gasteiger partial charge in [0.05, 0.1) is 6.04 Å². The molecule has 0 unspecified atom stereocenters. The molecule has 1 aromatic rings. The van der Waals surface area contributed by atoms with Crippen molar-refractivity contribution in [2.45, 2.75) is 6.04 Å². The highest BCUT2D eigenvalue weighted by Gasteiger charge is 2.14. The highest BCUT2D eigenvalue weighted by atomic mass is 15.2. The topological polar surface area (TPSA) is 52.6 Å². The zero-order valence-corrected chi connectivity index (χ0v) is 10.9. The Bertz CT molecular complexity index is 347. The molecule has 0 bridgehead atoms. The lowest BCUT2D eigenvalue weighted by Gasteiger charge is -2.25. The highest BCUT2D eigenvalue weighted by molar-refractivity contribution is 5.79. The molecule has 0 aliphatic rings. The number of pyridine rings is 1. The van der Waals surface area contributed by atoms with Crippen LogP contribution in [0, 0.1) is 0 Å². The average Bonchev–Trinajstić information content (AvgIpc) is 2.35. The Labute approximate surface area is 103 Å². The van der Waals surface area contributed by atoms with Crippen LogP contribution in [0.5, 0.6) is 0 Å². The molecule has 0 fully saturated rings. The van der Waals surface area contributed by atoms with Crippen LogP contribution in [0.25, 0.3) is 0 Å². The SMILES string of the molecule is CN=C(NC)NC[C@@H](c1cccnc1)N(C)C. The summed E-state index contributed by atoms with van der Waals surface area (Å²) in [5.74, 6) is 0.792. The normalized spacial score (nSPS) is 13.6. The molecular weight excluding hydrogens is 214 g/mol. The predicted octanol–water partition coefficient (Wildman–Crippen LogP) is 0.479. The van der Waals surface area contributed by atoms with Gasteiger partial charge in [0.2, 0.25) is 0 Å². The van der Waals surface area contributed by atoms with Crippen LogP contribution in [0.4, 0.5) is 0 Å². The Balaban J connectivity index is 2.68. The number of aromatic nitrogens is 1. The molecule has 0 spiro atoms. The van der Waals surface area contributed by atoms with Gasteiger partial charge in [-0.25, -0.2) is 0 Å². The van der Waals surface area contributed by atoms with Crippen molar-refractivity contribution in [3.8, 4) is 0 Å². The van der Waals surface area contributed by atoms with Crippen LogP contribution in [-0.2, 0) is 0 Å². The van der Waals surface area contributed by atoms with E-state index in [4.69, 9.17) is 0 Å². The molecule has 1 rings (SSSR count). The summed E-state index contributed by atoms with van der Waals surface area (Å²) in [5.41, 5.74) is 1.19. The molecule has 0 saturated carbocycles. The molecule has 2 N–H and O–H groups in total. The standard InChI is InChI=1S/C12H21N5/c1-13-12(14-2)16-9-11(17(3)4)10-6-5-7-15-8-10/h5-8,11H,9H2,1-4H3,(H2,13,14,16)/t11-/m0/s1. The second-order valence-electron chi connectivity index (χ2n) is 3.97. The van der Waals surface area contributed by atoms with Crippen molar-refractivity contribution in [1.29, 1.82) is 0 Å².